The molecule has 2 aromatic rings. The van der Waals surface area contributed by atoms with Crippen LogP contribution in [0.3, 0.4) is 0 Å². The molecule has 2 nitrogen and oxygen atoms in total. The van der Waals surface area contributed by atoms with Crippen molar-refractivity contribution < 1.29 is 10.2 Å². The van der Waals surface area contributed by atoms with Gasteiger partial charge in [-0.3, -0.25) is 0 Å². The molecular weight excluding hydrogens is 568 g/mol. The van der Waals surface area contributed by atoms with Gasteiger partial charge in [-0.05, 0) is 69.0 Å². The zero-order valence-corrected chi connectivity index (χ0v) is 19.1. The summed E-state index contributed by atoms with van der Waals surface area (Å²) in [4.78, 5) is 0. The molecule has 0 heterocycles. The van der Waals surface area contributed by atoms with E-state index >= 15 is 0 Å². The van der Waals surface area contributed by atoms with Crippen LogP contribution in [0, 0.1) is 0 Å². The lowest BCUT2D eigenvalue weighted by atomic mass is 9.65. The van der Waals surface area contributed by atoms with E-state index in [4.69, 9.17) is 0 Å². The summed E-state index contributed by atoms with van der Waals surface area (Å²) in [5, 5.41) is 21.5. The summed E-state index contributed by atoms with van der Waals surface area (Å²) in [7, 11) is 0. The second-order valence-electron chi connectivity index (χ2n) is 6.21. The molecule has 128 valence electrons. The highest BCUT2D eigenvalue weighted by Crippen LogP contribution is 2.53. The molecule has 0 bridgehead atoms. The summed E-state index contributed by atoms with van der Waals surface area (Å²) in [6.45, 7) is 0. The quantitative estimate of drug-likeness (QED) is 0.387. The first kappa shape index (κ1) is 18.7. The van der Waals surface area contributed by atoms with E-state index in [0.717, 1.165) is 45.8 Å². The maximum atomic E-state index is 10.8. The Bertz CT molecular complexity index is 724. The van der Waals surface area contributed by atoms with Crippen LogP contribution in [0.25, 0.3) is 0 Å². The zero-order chi connectivity index (χ0) is 17.5. The molecule has 0 aromatic heterocycles. The lowest BCUT2D eigenvalue weighted by Gasteiger charge is -2.39. The van der Waals surface area contributed by atoms with Gasteiger partial charge in [-0.2, -0.15) is 0 Å². The van der Waals surface area contributed by atoms with Gasteiger partial charge in [0.15, 0.2) is 0 Å². The number of phenolic OH excluding ortho intramolecular Hbond substituents is 2. The predicted molar refractivity (Wildman–Crippen MR) is 111 cm³/mol. The normalized spacial score (nSPS) is 17.0. The van der Waals surface area contributed by atoms with Crippen molar-refractivity contribution in [2.75, 3.05) is 0 Å². The molecule has 1 aliphatic rings. The van der Waals surface area contributed by atoms with Gasteiger partial charge in [0.25, 0.3) is 0 Å². The van der Waals surface area contributed by atoms with E-state index in [2.05, 4.69) is 63.7 Å². The van der Waals surface area contributed by atoms with Crippen LogP contribution in [0.2, 0.25) is 0 Å². The van der Waals surface area contributed by atoms with E-state index in [1.807, 2.05) is 24.3 Å². The molecule has 1 aliphatic carbocycles. The Morgan fingerprint density at radius 2 is 1.08 bits per heavy atom. The van der Waals surface area contributed by atoms with Crippen molar-refractivity contribution in [2.45, 2.75) is 37.5 Å². The van der Waals surface area contributed by atoms with Crippen molar-refractivity contribution in [3.05, 3.63) is 53.3 Å². The molecule has 3 rings (SSSR count). The molecule has 0 atom stereocenters. The molecule has 0 saturated heterocycles. The second-order valence-corrected chi connectivity index (χ2v) is 9.75. The summed E-state index contributed by atoms with van der Waals surface area (Å²) >= 11 is 14.0. The number of phenols is 2. The Morgan fingerprint density at radius 1 is 0.667 bits per heavy atom. The molecule has 0 amide bonds. The Balaban J connectivity index is 2.32. The van der Waals surface area contributed by atoms with Crippen molar-refractivity contribution in [1.29, 1.82) is 0 Å². The average Bonchev–Trinajstić information content (AvgIpc) is 2.55. The fourth-order valence-electron chi connectivity index (χ4n) is 3.70. The molecular formula is C18H16Br4O2. The smallest absolute Gasteiger partial charge is 0.133 e. The minimum atomic E-state index is -0.412. The molecule has 1 saturated carbocycles. The van der Waals surface area contributed by atoms with E-state index in [1.165, 1.54) is 6.42 Å². The molecule has 1 fully saturated rings. The zero-order valence-electron chi connectivity index (χ0n) is 12.8. The Hall–Kier alpha value is -0.0400. The van der Waals surface area contributed by atoms with Crippen LogP contribution in [0.15, 0.2) is 42.2 Å². The van der Waals surface area contributed by atoms with Gasteiger partial charge in [0.2, 0.25) is 0 Å². The first-order chi connectivity index (χ1) is 11.3. The molecule has 0 aliphatic heterocycles. The average molecular weight is 584 g/mol. The minimum absolute atomic E-state index is 0.246. The van der Waals surface area contributed by atoms with E-state index in [1.54, 1.807) is 0 Å². The van der Waals surface area contributed by atoms with E-state index in [9.17, 15) is 10.2 Å². The summed E-state index contributed by atoms with van der Waals surface area (Å²) in [6.07, 6.45) is 5.08. The first-order valence-electron chi connectivity index (χ1n) is 7.72. The van der Waals surface area contributed by atoms with Crippen molar-refractivity contribution in [2.24, 2.45) is 0 Å². The lowest BCUT2D eigenvalue weighted by Crippen LogP contribution is -2.31. The third-order valence-electron chi connectivity index (χ3n) is 4.79. The van der Waals surface area contributed by atoms with Gasteiger partial charge in [0.1, 0.15) is 11.5 Å². The molecule has 2 N–H and O–H groups in total. The van der Waals surface area contributed by atoms with Crippen molar-refractivity contribution >= 4 is 63.7 Å². The van der Waals surface area contributed by atoms with Crippen LogP contribution in [-0.2, 0) is 5.41 Å². The van der Waals surface area contributed by atoms with Crippen molar-refractivity contribution in [3.8, 4) is 11.5 Å². The SMILES string of the molecule is Oc1c(Br)cc(Br)cc1C1(c2cc(Br)cc(Br)c2O)CCCCC1. The van der Waals surface area contributed by atoms with Crippen LogP contribution < -0.4 is 0 Å². The summed E-state index contributed by atoms with van der Waals surface area (Å²) in [5.41, 5.74) is 1.29. The maximum Gasteiger partial charge on any atom is 0.133 e. The fourth-order valence-corrected chi connectivity index (χ4v) is 6.15. The van der Waals surface area contributed by atoms with Gasteiger partial charge in [0.05, 0.1) is 8.95 Å². The summed E-state index contributed by atoms with van der Waals surface area (Å²) in [6, 6.07) is 7.62. The van der Waals surface area contributed by atoms with Crippen LogP contribution in [0.4, 0.5) is 0 Å². The number of aromatic hydroxyl groups is 2. The van der Waals surface area contributed by atoms with Gasteiger partial charge < -0.3 is 10.2 Å². The largest absolute Gasteiger partial charge is 0.506 e. The highest BCUT2D eigenvalue weighted by atomic mass is 79.9. The van der Waals surface area contributed by atoms with Crippen LogP contribution in [0.5, 0.6) is 11.5 Å². The van der Waals surface area contributed by atoms with E-state index in [-0.39, 0.29) is 11.5 Å². The van der Waals surface area contributed by atoms with Crippen LogP contribution in [0.1, 0.15) is 43.2 Å². The maximum absolute atomic E-state index is 10.8. The third kappa shape index (κ3) is 3.31. The first-order valence-corrected chi connectivity index (χ1v) is 10.9. The van der Waals surface area contributed by atoms with Gasteiger partial charge in [-0.15, -0.1) is 0 Å². The lowest BCUT2D eigenvalue weighted by molar-refractivity contribution is 0.320. The predicted octanol–water partition coefficient (Wildman–Crippen LogP) is 7.40. The van der Waals surface area contributed by atoms with Gasteiger partial charge in [-0.1, -0.05) is 51.1 Å². The summed E-state index contributed by atoms with van der Waals surface area (Å²) in [5.74, 6) is 0.492. The fraction of sp³-hybridized carbons (Fsp3) is 0.333. The highest BCUT2D eigenvalue weighted by molar-refractivity contribution is 9.11. The number of rotatable bonds is 2. The second kappa shape index (κ2) is 7.29. The third-order valence-corrected chi connectivity index (χ3v) is 6.92. The molecule has 0 spiro atoms. The molecule has 24 heavy (non-hydrogen) atoms. The Morgan fingerprint density at radius 3 is 1.50 bits per heavy atom. The van der Waals surface area contributed by atoms with Crippen molar-refractivity contribution in [1.82, 2.24) is 0 Å². The van der Waals surface area contributed by atoms with E-state index in [0.29, 0.717) is 8.95 Å². The van der Waals surface area contributed by atoms with Gasteiger partial charge in [-0.25, -0.2) is 0 Å². The highest BCUT2D eigenvalue weighted by Gasteiger charge is 2.40. The Kier molecular flexibility index (Phi) is 5.70. The number of halogens is 4. The van der Waals surface area contributed by atoms with E-state index < -0.39 is 5.41 Å². The van der Waals surface area contributed by atoms with Crippen molar-refractivity contribution in [3.63, 3.8) is 0 Å². The molecule has 0 unspecified atom stereocenters. The van der Waals surface area contributed by atoms with Crippen LogP contribution in [-0.4, -0.2) is 10.2 Å². The standard InChI is InChI=1S/C18H16Br4O2/c19-10-6-12(16(23)14(21)8-10)18(4-2-1-3-5-18)13-7-11(20)9-15(22)17(13)24/h6-9,23-24H,1-5H2. The number of benzene rings is 2. The van der Waals surface area contributed by atoms with Gasteiger partial charge >= 0.3 is 0 Å². The monoisotopic (exact) mass is 580 g/mol. The minimum Gasteiger partial charge on any atom is -0.506 e. The number of hydrogen-bond donors (Lipinski definition) is 2. The van der Waals surface area contributed by atoms with Gasteiger partial charge in [0, 0.05) is 25.5 Å². The topological polar surface area (TPSA) is 40.5 Å². The molecule has 2 aromatic carbocycles. The van der Waals surface area contributed by atoms with Crippen LogP contribution >= 0.6 is 63.7 Å². The summed E-state index contributed by atoms with van der Waals surface area (Å²) < 4.78 is 3.12. The number of hydrogen-bond acceptors (Lipinski definition) is 2. The Labute approximate surface area is 175 Å². The molecule has 6 heteroatoms. The molecule has 0 radical (unpaired) electrons.